The fourth-order valence-electron chi connectivity index (χ4n) is 2.77. The van der Waals surface area contributed by atoms with Crippen molar-refractivity contribution in [2.75, 3.05) is 33.4 Å². The fourth-order valence-corrected chi connectivity index (χ4v) is 2.77. The van der Waals surface area contributed by atoms with Crippen LogP contribution in [-0.2, 0) is 4.74 Å². The van der Waals surface area contributed by atoms with Gasteiger partial charge in [-0.15, -0.1) is 0 Å². The van der Waals surface area contributed by atoms with Gasteiger partial charge in [0, 0.05) is 13.2 Å². The average molecular weight is 197 g/mol. The largest absolute Gasteiger partial charge is 0.381 e. The summed E-state index contributed by atoms with van der Waals surface area (Å²) in [5.41, 5.74) is 0. The molecule has 2 unspecified atom stereocenters. The van der Waals surface area contributed by atoms with Gasteiger partial charge in [-0.2, -0.15) is 0 Å². The first-order valence-corrected chi connectivity index (χ1v) is 6.07. The van der Waals surface area contributed by atoms with E-state index in [1.165, 1.54) is 32.4 Å². The summed E-state index contributed by atoms with van der Waals surface area (Å²) in [5.74, 6) is 2.93. The van der Waals surface area contributed by atoms with E-state index in [1.54, 1.807) is 0 Å². The van der Waals surface area contributed by atoms with Crippen molar-refractivity contribution in [3.05, 3.63) is 0 Å². The molecule has 0 aromatic rings. The summed E-state index contributed by atoms with van der Waals surface area (Å²) >= 11 is 0. The molecule has 1 aliphatic carbocycles. The molecule has 1 saturated carbocycles. The first kappa shape index (κ1) is 10.4. The molecule has 1 saturated heterocycles. The van der Waals surface area contributed by atoms with E-state index < -0.39 is 0 Å². The van der Waals surface area contributed by atoms with Gasteiger partial charge >= 0.3 is 0 Å². The zero-order valence-corrected chi connectivity index (χ0v) is 9.54. The van der Waals surface area contributed by atoms with E-state index in [9.17, 15) is 0 Å². The predicted octanol–water partition coefficient (Wildman–Crippen LogP) is 2.00. The van der Waals surface area contributed by atoms with Crippen LogP contribution < -0.4 is 0 Å². The Hall–Kier alpha value is -0.0800. The first-order chi connectivity index (χ1) is 6.81. The van der Waals surface area contributed by atoms with Gasteiger partial charge in [0.1, 0.15) is 0 Å². The van der Waals surface area contributed by atoms with E-state index in [2.05, 4.69) is 18.9 Å². The van der Waals surface area contributed by atoms with Crippen LogP contribution in [0.3, 0.4) is 0 Å². The molecule has 1 aliphatic heterocycles. The van der Waals surface area contributed by atoms with Crippen molar-refractivity contribution in [3.63, 3.8) is 0 Å². The second kappa shape index (κ2) is 4.63. The molecule has 82 valence electrons. The SMILES string of the molecule is CCOCC1CC1C1CCN(C)CC1. The van der Waals surface area contributed by atoms with Gasteiger partial charge in [-0.1, -0.05) is 0 Å². The maximum atomic E-state index is 5.49. The van der Waals surface area contributed by atoms with Gasteiger partial charge in [0.2, 0.25) is 0 Å². The van der Waals surface area contributed by atoms with Crippen LogP contribution in [0.4, 0.5) is 0 Å². The zero-order valence-electron chi connectivity index (χ0n) is 9.54. The Labute approximate surface area is 87.6 Å². The number of hydrogen-bond acceptors (Lipinski definition) is 2. The highest BCUT2D eigenvalue weighted by atomic mass is 16.5. The van der Waals surface area contributed by atoms with Gasteiger partial charge in [-0.3, -0.25) is 0 Å². The monoisotopic (exact) mass is 197 g/mol. The number of hydrogen-bond donors (Lipinski definition) is 0. The third-order valence-electron chi connectivity index (χ3n) is 3.88. The van der Waals surface area contributed by atoms with Gasteiger partial charge in [0.15, 0.2) is 0 Å². The molecule has 1 heterocycles. The smallest absolute Gasteiger partial charge is 0.0496 e. The summed E-state index contributed by atoms with van der Waals surface area (Å²) < 4.78 is 5.49. The minimum absolute atomic E-state index is 0.886. The molecule has 0 radical (unpaired) electrons. The van der Waals surface area contributed by atoms with Crippen molar-refractivity contribution in [2.24, 2.45) is 17.8 Å². The Kier molecular flexibility index (Phi) is 3.45. The van der Waals surface area contributed by atoms with Gasteiger partial charge in [-0.05, 0) is 64.1 Å². The molecular weight excluding hydrogens is 174 g/mol. The molecular formula is C12H23NO. The maximum Gasteiger partial charge on any atom is 0.0496 e. The molecule has 0 aromatic heterocycles. The van der Waals surface area contributed by atoms with Crippen LogP contribution in [0.1, 0.15) is 26.2 Å². The van der Waals surface area contributed by atoms with Crippen molar-refractivity contribution in [1.29, 1.82) is 0 Å². The third kappa shape index (κ3) is 2.48. The van der Waals surface area contributed by atoms with Crippen LogP contribution >= 0.6 is 0 Å². The summed E-state index contributed by atoms with van der Waals surface area (Å²) in [4.78, 5) is 2.45. The molecule has 2 atom stereocenters. The van der Waals surface area contributed by atoms with Crippen LogP contribution in [0.15, 0.2) is 0 Å². The Morgan fingerprint density at radius 3 is 2.64 bits per heavy atom. The van der Waals surface area contributed by atoms with Crippen molar-refractivity contribution in [1.82, 2.24) is 4.90 Å². The van der Waals surface area contributed by atoms with E-state index in [1.807, 2.05) is 0 Å². The highest BCUT2D eigenvalue weighted by molar-refractivity contribution is 4.92. The van der Waals surface area contributed by atoms with E-state index in [0.29, 0.717) is 0 Å². The number of piperidine rings is 1. The number of nitrogens with zero attached hydrogens (tertiary/aromatic N) is 1. The van der Waals surface area contributed by atoms with Crippen molar-refractivity contribution < 1.29 is 4.74 Å². The van der Waals surface area contributed by atoms with Crippen molar-refractivity contribution in [3.8, 4) is 0 Å². The molecule has 2 heteroatoms. The Morgan fingerprint density at radius 1 is 1.29 bits per heavy atom. The Bertz CT molecular complexity index is 175. The normalized spacial score (nSPS) is 34.7. The summed E-state index contributed by atoms with van der Waals surface area (Å²) in [6.07, 6.45) is 4.28. The molecule has 0 aromatic carbocycles. The Morgan fingerprint density at radius 2 is 2.00 bits per heavy atom. The quantitative estimate of drug-likeness (QED) is 0.683. The number of rotatable bonds is 4. The molecule has 0 bridgehead atoms. The van der Waals surface area contributed by atoms with Crippen LogP contribution in [0.5, 0.6) is 0 Å². The lowest BCUT2D eigenvalue weighted by atomic mass is 9.91. The fraction of sp³-hybridized carbons (Fsp3) is 1.00. The first-order valence-electron chi connectivity index (χ1n) is 6.07. The lowest BCUT2D eigenvalue weighted by Gasteiger charge is -2.29. The van der Waals surface area contributed by atoms with Gasteiger partial charge in [-0.25, -0.2) is 0 Å². The molecule has 2 nitrogen and oxygen atoms in total. The summed E-state index contributed by atoms with van der Waals surface area (Å²) in [5, 5.41) is 0. The van der Waals surface area contributed by atoms with Crippen molar-refractivity contribution in [2.45, 2.75) is 26.2 Å². The summed E-state index contributed by atoms with van der Waals surface area (Å²) in [7, 11) is 2.24. The van der Waals surface area contributed by atoms with E-state index >= 15 is 0 Å². The van der Waals surface area contributed by atoms with Gasteiger partial charge in [0.25, 0.3) is 0 Å². The third-order valence-corrected chi connectivity index (χ3v) is 3.88. The van der Waals surface area contributed by atoms with E-state index in [4.69, 9.17) is 4.74 Å². The van der Waals surface area contributed by atoms with Crippen LogP contribution in [0, 0.1) is 17.8 Å². The molecule has 14 heavy (non-hydrogen) atoms. The molecule has 0 amide bonds. The predicted molar refractivity (Wildman–Crippen MR) is 58.3 cm³/mol. The lowest BCUT2D eigenvalue weighted by Crippen LogP contribution is -2.31. The number of ether oxygens (including phenoxy) is 1. The minimum Gasteiger partial charge on any atom is -0.381 e. The van der Waals surface area contributed by atoms with E-state index in [-0.39, 0.29) is 0 Å². The zero-order chi connectivity index (χ0) is 9.97. The molecule has 0 N–H and O–H groups in total. The van der Waals surface area contributed by atoms with E-state index in [0.717, 1.165) is 31.0 Å². The summed E-state index contributed by atoms with van der Waals surface area (Å²) in [6, 6.07) is 0. The van der Waals surface area contributed by atoms with Crippen LogP contribution in [0.25, 0.3) is 0 Å². The van der Waals surface area contributed by atoms with Gasteiger partial charge in [0.05, 0.1) is 0 Å². The average Bonchev–Trinajstić information content (AvgIpc) is 2.95. The number of likely N-dealkylation sites (tertiary alicyclic amines) is 1. The molecule has 0 spiro atoms. The topological polar surface area (TPSA) is 12.5 Å². The maximum absolute atomic E-state index is 5.49. The highest BCUT2D eigenvalue weighted by Gasteiger charge is 2.43. The Balaban J connectivity index is 1.66. The lowest BCUT2D eigenvalue weighted by molar-refractivity contribution is 0.124. The molecule has 2 fully saturated rings. The van der Waals surface area contributed by atoms with Crippen LogP contribution in [0.2, 0.25) is 0 Å². The standard InChI is InChI=1S/C12H23NO/c1-3-14-9-11-8-12(11)10-4-6-13(2)7-5-10/h10-12H,3-9H2,1-2H3. The molecule has 2 aliphatic rings. The summed E-state index contributed by atoms with van der Waals surface area (Å²) in [6.45, 7) is 6.61. The van der Waals surface area contributed by atoms with Gasteiger partial charge < -0.3 is 9.64 Å². The second-order valence-corrected chi connectivity index (χ2v) is 4.96. The highest BCUT2D eigenvalue weighted by Crippen LogP contribution is 2.47. The van der Waals surface area contributed by atoms with Crippen molar-refractivity contribution >= 4 is 0 Å². The molecule has 2 rings (SSSR count). The second-order valence-electron chi connectivity index (χ2n) is 4.96. The van der Waals surface area contributed by atoms with Crippen LogP contribution in [-0.4, -0.2) is 38.3 Å². The minimum atomic E-state index is 0.886.